The summed E-state index contributed by atoms with van der Waals surface area (Å²) in [5.74, 6) is -2.74. The number of phenols is 3. The van der Waals surface area contributed by atoms with Crippen molar-refractivity contribution in [2.24, 2.45) is 0 Å². The third-order valence-electron chi connectivity index (χ3n) is 3.52. The van der Waals surface area contributed by atoms with Crippen LogP contribution in [0.5, 0.6) is 17.2 Å². The molecule has 0 aliphatic heterocycles. The highest BCUT2D eigenvalue weighted by Crippen LogP contribution is 2.42. The number of carbonyl (C=O) groups is 2. The largest absolute Gasteiger partial charge is 0.507 e. The summed E-state index contributed by atoms with van der Waals surface area (Å²) in [6.07, 6.45) is 0. The molecule has 3 rings (SSSR count). The van der Waals surface area contributed by atoms with Gasteiger partial charge < -0.3 is 21.1 Å². The van der Waals surface area contributed by atoms with Gasteiger partial charge >= 0.3 is 0 Å². The molecule has 0 aromatic heterocycles. The first-order chi connectivity index (χ1) is 9.82. The molecule has 0 spiro atoms. The SMILES string of the molecule is Cc1cc(O)c2c(c1)C(=O)c1cc(O)c(N)c(O)c1C2=O. The van der Waals surface area contributed by atoms with Crippen LogP contribution in [0.4, 0.5) is 5.69 Å². The van der Waals surface area contributed by atoms with Crippen molar-refractivity contribution >= 4 is 17.3 Å². The van der Waals surface area contributed by atoms with Crippen LogP contribution in [0, 0.1) is 6.92 Å². The van der Waals surface area contributed by atoms with E-state index in [1.807, 2.05) is 0 Å². The molecule has 0 bridgehead atoms. The van der Waals surface area contributed by atoms with E-state index < -0.39 is 23.1 Å². The van der Waals surface area contributed by atoms with E-state index in [9.17, 15) is 24.9 Å². The van der Waals surface area contributed by atoms with E-state index in [0.717, 1.165) is 6.07 Å². The third kappa shape index (κ3) is 1.59. The Morgan fingerprint density at radius 2 is 1.48 bits per heavy atom. The molecule has 0 saturated carbocycles. The fourth-order valence-corrected chi connectivity index (χ4v) is 2.53. The summed E-state index contributed by atoms with van der Waals surface area (Å²) in [4.78, 5) is 24.9. The average Bonchev–Trinajstić information content (AvgIpc) is 2.41. The van der Waals surface area contributed by atoms with Gasteiger partial charge in [0.15, 0.2) is 11.5 Å². The van der Waals surface area contributed by atoms with E-state index >= 15 is 0 Å². The van der Waals surface area contributed by atoms with Crippen molar-refractivity contribution < 1.29 is 24.9 Å². The number of aromatic hydroxyl groups is 3. The lowest BCUT2D eigenvalue weighted by molar-refractivity contribution is 0.0974. The molecule has 2 aromatic carbocycles. The van der Waals surface area contributed by atoms with Gasteiger partial charge in [-0.15, -0.1) is 0 Å². The standard InChI is InChI=1S/C15H11NO5/c1-5-2-6-10(8(17)3-5)14(20)11-7(13(6)19)4-9(18)12(16)15(11)21/h2-4,17-18,21H,16H2,1H3. The van der Waals surface area contributed by atoms with E-state index in [2.05, 4.69) is 0 Å². The average molecular weight is 285 g/mol. The number of nitrogens with two attached hydrogens (primary N) is 1. The van der Waals surface area contributed by atoms with Crippen molar-refractivity contribution in [1.29, 1.82) is 0 Å². The number of benzene rings is 2. The Kier molecular flexibility index (Phi) is 2.47. The maximum absolute atomic E-state index is 12.5. The smallest absolute Gasteiger partial charge is 0.202 e. The molecular weight excluding hydrogens is 274 g/mol. The summed E-state index contributed by atoms with van der Waals surface area (Å²) in [5, 5.41) is 29.5. The van der Waals surface area contributed by atoms with Gasteiger partial charge in [-0.2, -0.15) is 0 Å². The van der Waals surface area contributed by atoms with Gasteiger partial charge in [-0.1, -0.05) is 0 Å². The van der Waals surface area contributed by atoms with Crippen LogP contribution >= 0.6 is 0 Å². The number of aryl methyl sites for hydroxylation is 1. The molecule has 0 atom stereocenters. The lowest BCUT2D eigenvalue weighted by atomic mass is 9.82. The third-order valence-corrected chi connectivity index (χ3v) is 3.52. The molecule has 1 aliphatic rings. The van der Waals surface area contributed by atoms with Crippen LogP contribution in [-0.4, -0.2) is 26.9 Å². The molecule has 0 saturated heterocycles. The van der Waals surface area contributed by atoms with Crippen LogP contribution in [0.1, 0.15) is 37.4 Å². The van der Waals surface area contributed by atoms with Gasteiger partial charge in [0.1, 0.15) is 17.2 Å². The molecular formula is C15H11NO5. The first-order valence-electron chi connectivity index (χ1n) is 6.10. The second-order valence-electron chi connectivity index (χ2n) is 4.95. The van der Waals surface area contributed by atoms with E-state index in [4.69, 9.17) is 5.73 Å². The van der Waals surface area contributed by atoms with Crippen LogP contribution in [0.15, 0.2) is 18.2 Å². The fourth-order valence-electron chi connectivity index (χ4n) is 2.53. The van der Waals surface area contributed by atoms with Crippen LogP contribution < -0.4 is 5.73 Å². The molecule has 1 aliphatic carbocycles. The van der Waals surface area contributed by atoms with E-state index in [0.29, 0.717) is 5.56 Å². The number of nitrogen functional groups attached to an aromatic ring is 1. The van der Waals surface area contributed by atoms with Gasteiger partial charge in [0.25, 0.3) is 0 Å². The van der Waals surface area contributed by atoms with Gasteiger partial charge in [-0.05, 0) is 30.7 Å². The van der Waals surface area contributed by atoms with Gasteiger partial charge in [0.05, 0.1) is 11.1 Å². The van der Waals surface area contributed by atoms with Crippen molar-refractivity contribution in [1.82, 2.24) is 0 Å². The first kappa shape index (κ1) is 13.0. The summed E-state index contributed by atoms with van der Waals surface area (Å²) in [6.45, 7) is 1.67. The second kappa shape index (κ2) is 3.99. The fraction of sp³-hybridized carbons (Fsp3) is 0.0667. The summed E-state index contributed by atoms with van der Waals surface area (Å²) in [7, 11) is 0. The summed E-state index contributed by atoms with van der Waals surface area (Å²) in [5.41, 5.74) is 5.12. The number of rotatable bonds is 0. The molecule has 6 heteroatoms. The number of hydrogen-bond acceptors (Lipinski definition) is 6. The van der Waals surface area contributed by atoms with Gasteiger partial charge in [0, 0.05) is 11.1 Å². The maximum Gasteiger partial charge on any atom is 0.202 e. The zero-order valence-electron chi connectivity index (χ0n) is 11.0. The van der Waals surface area contributed by atoms with Gasteiger partial charge in [0.2, 0.25) is 5.78 Å². The molecule has 106 valence electrons. The Labute approximate surface area is 119 Å². The zero-order valence-corrected chi connectivity index (χ0v) is 11.0. The number of anilines is 1. The minimum Gasteiger partial charge on any atom is -0.507 e. The lowest BCUT2D eigenvalue weighted by Gasteiger charge is -2.20. The quantitative estimate of drug-likeness (QED) is 0.366. The van der Waals surface area contributed by atoms with Crippen molar-refractivity contribution in [2.75, 3.05) is 5.73 Å². The highest BCUT2D eigenvalue weighted by atomic mass is 16.3. The highest BCUT2D eigenvalue weighted by Gasteiger charge is 2.36. The molecule has 6 nitrogen and oxygen atoms in total. The lowest BCUT2D eigenvalue weighted by Crippen LogP contribution is -2.22. The second-order valence-corrected chi connectivity index (χ2v) is 4.95. The van der Waals surface area contributed by atoms with E-state index in [1.165, 1.54) is 12.1 Å². The van der Waals surface area contributed by atoms with Crippen molar-refractivity contribution in [3.63, 3.8) is 0 Å². The zero-order chi connectivity index (χ0) is 15.5. The summed E-state index contributed by atoms with van der Waals surface area (Å²) in [6, 6.07) is 3.88. The molecule has 0 heterocycles. The number of ketones is 2. The van der Waals surface area contributed by atoms with Crippen LogP contribution in [0.3, 0.4) is 0 Å². The predicted molar refractivity (Wildman–Crippen MR) is 73.9 cm³/mol. The molecule has 0 unspecified atom stereocenters. The molecule has 21 heavy (non-hydrogen) atoms. The van der Waals surface area contributed by atoms with Crippen LogP contribution in [-0.2, 0) is 0 Å². The number of hydrogen-bond donors (Lipinski definition) is 4. The number of carbonyl (C=O) groups excluding carboxylic acids is 2. The minimum atomic E-state index is -0.707. The first-order valence-corrected chi connectivity index (χ1v) is 6.10. The van der Waals surface area contributed by atoms with Crippen molar-refractivity contribution in [2.45, 2.75) is 6.92 Å². The van der Waals surface area contributed by atoms with Crippen molar-refractivity contribution in [3.8, 4) is 17.2 Å². The normalized spacial score (nSPS) is 13.0. The number of phenolic OH excluding ortho intramolecular Hbond substituents is 3. The minimum absolute atomic E-state index is 0.0357. The van der Waals surface area contributed by atoms with Crippen LogP contribution in [0.2, 0.25) is 0 Å². The Morgan fingerprint density at radius 3 is 2.14 bits per heavy atom. The summed E-state index contributed by atoms with van der Waals surface area (Å²) < 4.78 is 0. The monoisotopic (exact) mass is 285 g/mol. The van der Waals surface area contributed by atoms with Crippen molar-refractivity contribution in [3.05, 3.63) is 46.0 Å². The van der Waals surface area contributed by atoms with Crippen LogP contribution in [0.25, 0.3) is 0 Å². The topological polar surface area (TPSA) is 121 Å². The molecule has 2 aromatic rings. The van der Waals surface area contributed by atoms with E-state index in [-0.39, 0.29) is 33.7 Å². The predicted octanol–water partition coefficient (Wildman–Crippen LogP) is 1.47. The Morgan fingerprint density at radius 1 is 0.857 bits per heavy atom. The highest BCUT2D eigenvalue weighted by molar-refractivity contribution is 6.30. The Hall–Kier alpha value is -3.02. The molecule has 5 N–H and O–H groups in total. The van der Waals surface area contributed by atoms with Gasteiger partial charge in [-0.25, -0.2) is 0 Å². The molecule has 0 radical (unpaired) electrons. The maximum atomic E-state index is 12.5. The number of fused-ring (bicyclic) bond motifs is 2. The Balaban J connectivity index is 2.42. The Bertz CT molecular complexity index is 839. The van der Waals surface area contributed by atoms with E-state index in [1.54, 1.807) is 6.92 Å². The molecule has 0 fully saturated rings. The summed E-state index contributed by atoms with van der Waals surface area (Å²) >= 11 is 0. The molecule has 0 amide bonds. The van der Waals surface area contributed by atoms with Gasteiger partial charge in [-0.3, -0.25) is 9.59 Å².